The second kappa shape index (κ2) is 55.2. The van der Waals surface area contributed by atoms with Gasteiger partial charge >= 0.3 is 17.9 Å². The molecular formula is C83H129N19O25. The van der Waals surface area contributed by atoms with Crippen LogP contribution in [0.1, 0.15) is 183 Å². The standard InChI is InChI=1S/C83H129N19O25/c1-42(2)35-49(85)69(112)94-55(36-43(3)4)75(118)97-59(40-64(88)107)78(121)100-67(45(7)8)81(124)98-58(39-48-21-14-11-15-22-48)77(120)101-68(46(9)104)82(125)102-34-18-24-61(102)80(123)92-51(25-29-62(86)105)71(114)89-50(23-16-17-33-84)70(113)99-60(41-103)79(122)95-56(37-44(5)6)74(117)91-52(27-31-65(108)109)72(115)90-53(28-32-66(110)111)73(116)96-57(38-47-19-12-10-13-20-47)76(119)93-54(83(126)127)26-30-63(87)106/h10-15,19-22,42-46,49-61,67-68,103-104H,16-18,23-41,84-85H2,1-9H3,(H2,86,105)(H2,87,106)(H2,88,107)(H,89,114)(H,90,115)(H,91,117)(H,92,123)(H,93,119)(H,94,112)(H,95,122)(H,96,116)(H,97,118)(H,98,124)(H,99,113)(H,100,121)(H,101,120)(H,108,109)(H,110,111)(H,126,127)/t46-,49+,50+,51+,52+,53+,54+,55+,56+,57+,58+,59+,60+,61+,67+,68+/m1/s1. The molecule has 16 atom stereocenters. The Labute approximate surface area is 735 Å². The Morgan fingerprint density at radius 3 is 1.17 bits per heavy atom. The molecule has 44 nitrogen and oxygen atoms in total. The molecule has 127 heavy (non-hydrogen) atoms. The van der Waals surface area contributed by atoms with Crippen molar-refractivity contribution < 1.29 is 121 Å². The van der Waals surface area contributed by atoms with Crippen molar-refractivity contribution in [3.63, 3.8) is 0 Å². The maximum absolute atomic E-state index is 14.8. The number of likely N-dealkylation sites (tertiary alicyclic amines) is 1. The summed E-state index contributed by atoms with van der Waals surface area (Å²) in [7, 11) is 0. The van der Waals surface area contributed by atoms with E-state index in [4.69, 9.17) is 28.7 Å². The molecular weight excluding hydrogens is 1660 g/mol. The number of nitrogens with zero attached hydrogens (tertiary/aromatic N) is 1. The van der Waals surface area contributed by atoms with Crippen molar-refractivity contribution in [3.8, 4) is 0 Å². The van der Waals surface area contributed by atoms with Crippen molar-refractivity contribution in [3.05, 3.63) is 71.8 Å². The van der Waals surface area contributed by atoms with Crippen LogP contribution in [-0.2, 0) is 109 Å². The predicted octanol–water partition coefficient (Wildman–Crippen LogP) is -5.39. The number of aliphatic carboxylic acids is 3. The Balaban J connectivity index is 1.93. The van der Waals surface area contributed by atoms with E-state index in [1.807, 2.05) is 13.8 Å². The second-order valence-corrected chi connectivity index (χ2v) is 33.0. The van der Waals surface area contributed by atoms with Crippen molar-refractivity contribution in [2.24, 2.45) is 52.3 Å². The van der Waals surface area contributed by atoms with Crippen LogP contribution in [0.25, 0.3) is 0 Å². The minimum absolute atomic E-state index is 0.0281. The summed E-state index contributed by atoms with van der Waals surface area (Å²) in [5.74, 6) is -23.6. The van der Waals surface area contributed by atoms with Crippen LogP contribution in [0.15, 0.2) is 60.7 Å². The maximum Gasteiger partial charge on any atom is 0.326 e. The van der Waals surface area contributed by atoms with Crippen LogP contribution in [0.3, 0.4) is 0 Å². The molecule has 1 saturated heterocycles. The quantitative estimate of drug-likeness (QED) is 0.0275. The molecule has 44 heteroatoms. The summed E-state index contributed by atoms with van der Waals surface area (Å²) < 4.78 is 0. The summed E-state index contributed by atoms with van der Waals surface area (Å²) >= 11 is 0. The summed E-state index contributed by atoms with van der Waals surface area (Å²) in [6, 6.07) is -8.29. The lowest BCUT2D eigenvalue weighted by atomic mass is 9.99. The molecule has 0 aliphatic carbocycles. The Bertz CT molecular complexity index is 4100. The highest BCUT2D eigenvalue weighted by Gasteiger charge is 2.44. The smallest absolute Gasteiger partial charge is 0.326 e. The van der Waals surface area contributed by atoms with Crippen molar-refractivity contribution in [1.29, 1.82) is 0 Å². The molecule has 28 N–H and O–H groups in total. The van der Waals surface area contributed by atoms with Crippen LogP contribution in [-0.4, -0.2) is 265 Å². The van der Waals surface area contributed by atoms with Gasteiger partial charge in [0.1, 0.15) is 84.6 Å². The molecule has 0 saturated carbocycles. The highest BCUT2D eigenvalue weighted by atomic mass is 16.4. The fraction of sp³-hybridized carbons (Fsp3) is 0.614. The number of carboxylic acids is 3. The Morgan fingerprint density at radius 1 is 0.394 bits per heavy atom. The van der Waals surface area contributed by atoms with E-state index in [2.05, 4.69) is 69.1 Å². The minimum Gasteiger partial charge on any atom is -0.481 e. The molecule has 706 valence electrons. The van der Waals surface area contributed by atoms with Crippen LogP contribution in [0.2, 0.25) is 0 Å². The number of carbonyl (C=O) groups excluding carboxylic acids is 17. The first-order valence-corrected chi connectivity index (χ1v) is 42.3. The van der Waals surface area contributed by atoms with E-state index in [-0.39, 0.29) is 89.1 Å². The highest BCUT2D eigenvalue weighted by Crippen LogP contribution is 2.22. The van der Waals surface area contributed by atoms with Crippen molar-refractivity contribution in [2.75, 3.05) is 19.7 Å². The van der Waals surface area contributed by atoms with E-state index < -0.39 is 291 Å². The highest BCUT2D eigenvalue weighted by molar-refractivity contribution is 6.02. The first-order chi connectivity index (χ1) is 59.7. The third kappa shape index (κ3) is 39.8. The zero-order chi connectivity index (χ0) is 95.6. The van der Waals surface area contributed by atoms with Gasteiger partial charge in [0, 0.05) is 45.1 Å². The van der Waals surface area contributed by atoms with Crippen molar-refractivity contribution in [1.82, 2.24) is 74.0 Å². The molecule has 17 amide bonds. The topological polar surface area (TPSA) is 732 Å². The van der Waals surface area contributed by atoms with Crippen LogP contribution in [0.5, 0.6) is 0 Å². The number of carboxylic acid groups (broad SMARTS) is 3. The molecule has 2 aromatic carbocycles. The number of nitrogens with one attached hydrogen (secondary N) is 13. The van der Waals surface area contributed by atoms with Gasteiger partial charge in [0.2, 0.25) is 100 Å². The van der Waals surface area contributed by atoms with Gasteiger partial charge < -0.3 is 128 Å². The third-order valence-corrected chi connectivity index (χ3v) is 20.3. The summed E-state index contributed by atoms with van der Waals surface area (Å²) in [4.78, 5) is 273. The van der Waals surface area contributed by atoms with Crippen LogP contribution in [0, 0.1) is 23.7 Å². The van der Waals surface area contributed by atoms with Gasteiger partial charge in [-0.15, -0.1) is 0 Å². The largest absolute Gasteiger partial charge is 0.481 e. The van der Waals surface area contributed by atoms with E-state index >= 15 is 0 Å². The number of unbranched alkanes of at least 4 members (excludes halogenated alkanes) is 1. The minimum atomic E-state index is -1.95. The first-order valence-electron chi connectivity index (χ1n) is 42.3. The molecule has 0 spiro atoms. The van der Waals surface area contributed by atoms with Gasteiger partial charge in [0.05, 0.1) is 25.2 Å². The first kappa shape index (κ1) is 109. The van der Waals surface area contributed by atoms with E-state index in [9.17, 15) is 121 Å². The lowest BCUT2D eigenvalue weighted by molar-refractivity contribution is -0.145. The maximum atomic E-state index is 14.8. The Kier molecular flexibility index (Phi) is 47.3. The Morgan fingerprint density at radius 2 is 0.748 bits per heavy atom. The normalized spacial score (nSPS) is 16.0. The van der Waals surface area contributed by atoms with Crippen LogP contribution in [0.4, 0.5) is 0 Å². The van der Waals surface area contributed by atoms with Gasteiger partial charge in [-0.2, -0.15) is 0 Å². The number of primary amides is 3. The van der Waals surface area contributed by atoms with Crippen LogP contribution < -0.4 is 97.8 Å². The lowest BCUT2D eigenvalue weighted by Crippen LogP contribution is -2.62. The number of aliphatic hydroxyl groups excluding tert-OH is 2. The zero-order valence-corrected chi connectivity index (χ0v) is 73.1. The lowest BCUT2D eigenvalue weighted by Gasteiger charge is -2.32. The fourth-order valence-corrected chi connectivity index (χ4v) is 13.6. The van der Waals surface area contributed by atoms with Crippen LogP contribution >= 0.6 is 0 Å². The Hall–Kier alpha value is -12.3. The molecule has 1 heterocycles. The van der Waals surface area contributed by atoms with Gasteiger partial charge in [-0.3, -0.25) is 91.1 Å². The molecule has 0 radical (unpaired) electrons. The third-order valence-electron chi connectivity index (χ3n) is 20.3. The van der Waals surface area contributed by atoms with Gasteiger partial charge in [-0.25, -0.2) is 4.79 Å². The number of benzene rings is 2. The molecule has 0 unspecified atom stereocenters. The molecule has 3 rings (SSSR count). The molecule has 1 aliphatic heterocycles. The number of hydrogen-bond acceptors (Lipinski definition) is 24. The number of hydrogen-bond donors (Lipinski definition) is 23. The predicted molar refractivity (Wildman–Crippen MR) is 455 cm³/mol. The van der Waals surface area contributed by atoms with E-state index in [1.165, 1.54) is 13.8 Å². The summed E-state index contributed by atoms with van der Waals surface area (Å²) in [6.45, 7) is 13.4. The SMILES string of the molecule is CC(C)C[C@H](NC(=O)[C@H](CO)NC(=O)[C@H](CCCCN)NC(=O)[C@H](CCC(N)=O)NC(=O)[C@@H]1CCCN1C(=O)[C@@H](NC(=O)[C@H](Cc1ccccc1)NC(=O)[C@@H](NC(=O)[C@H](CC(N)=O)NC(=O)[C@H](CC(C)C)NC(=O)[C@@H](N)CC(C)C)C(C)C)[C@@H](C)O)C(=O)N[C@@H](CCC(=O)O)C(=O)N[C@@H](CCC(=O)O)C(=O)N[C@@H](Cc1ccccc1)C(=O)N[C@@H](CCC(N)=O)C(=O)O. The summed E-state index contributed by atoms with van der Waals surface area (Å²) in [5, 5.41) is 83.0. The molecule has 0 bridgehead atoms. The van der Waals surface area contributed by atoms with Crippen molar-refractivity contribution in [2.45, 2.75) is 281 Å². The molecule has 2 aromatic rings. The molecule has 0 aromatic heterocycles. The average Bonchev–Trinajstić information content (AvgIpc) is 1.73. The number of carbonyl (C=O) groups is 20. The van der Waals surface area contributed by atoms with E-state index in [1.54, 1.807) is 88.4 Å². The molecule has 1 fully saturated rings. The fourth-order valence-electron chi connectivity index (χ4n) is 13.6. The second-order valence-electron chi connectivity index (χ2n) is 33.0. The van der Waals surface area contributed by atoms with Gasteiger partial charge in [-0.05, 0) is 125 Å². The number of aliphatic hydroxyl groups is 2. The average molecular weight is 1790 g/mol. The van der Waals surface area contributed by atoms with Crippen molar-refractivity contribution >= 4 is 118 Å². The van der Waals surface area contributed by atoms with Gasteiger partial charge in [-0.1, -0.05) is 116 Å². The summed E-state index contributed by atoms with van der Waals surface area (Å²) in [5.41, 5.74) is 29.1. The number of rotatable bonds is 59. The van der Waals surface area contributed by atoms with E-state index in [0.717, 1.165) is 11.8 Å². The number of amides is 17. The number of nitrogens with two attached hydrogens (primary N) is 5. The van der Waals surface area contributed by atoms with E-state index in [0.29, 0.717) is 11.1 Å². The summed E-state index contributed by atoms with van der Waals surface area (Å²) in [6.07, 6.45) is -7.78. The molecule has 1 aliphatic rings. The van der Waals surface area contributed by atoms with Gasteiger partial charge in [0.25, 0.3) is 0 Å². The van der Waals surface area contributed by atoms with Gasteiger partial charge in [0.15, 0.2) is 0 Å². The monoisotopic (exact) mass is 1790 g/mol. The zero-order valence-electron chi connectivity index (χ0n) is 73.1.